The van der Waals surface area contributed by atoms with Gasteiger partial charge in [-0.05, 0) is 30.5 Å². The van der Waals surface area contributed by atoms with E-state index >= 15 is 0 Å². The molecule has 5 heteroatoms. The molecule has 1 saturated heterocycles. The Balaban J connectivity index is 1.95. The molecular formula is C13H15N3O2. The van der Waals surface area contributed by atoms with Crippen LogP contribution in [0.4, 0.5) is 0 Å². The maximum absolute atomic E-state index is 11.6. The summed E-state index contributed by atoms with van der Waals surface area (Å²) in [7, 11) is 0. The number of nitrogens with zero attached hydrogens (tertiary/aromatic N) is 2. The Morgan fingerprint density at radius 1 is 1.56 bits per heavy atom. The van der Waals surface area contributed by atoms with E-state index in [0.717, 1.165) is 23.5 Å². The highest BCUT2D eigenvalue weighted by Crippen LogP contribution is 2.11. The Hall–Kier alpha value is -1.90. The van der Waals surface area contributed by atoms with Crippen molar-refractivity contribution in [1.29, 1.82) is 5.26 Å². The van der Waals surface area contributed by atoms with Crippen LogP contribution in [0.5, 0.6) is 0 Å². The van der Waals surface area contributed by atoms with Gasteiger partial charge in [-0.3, -0.25) is 10.0 Å². The second-order valence-corrected chi connectivity index (χ2v) is 4.35. The summed E-state index contributed by atoms with van der Waals surface area (Å²) in [5, 5.41) is 22.0. The van der Waals surface area contributed by atoms with Gasteiger partial charge in [0.1, 0.15) is 0 Å². The van der Waals surface area contributed by atoms with Crippen LogP contribution in [0.1, 0.15) is 24.0 Å². The smallest absolute Gasteiger partial charge is 0.263 e. The molecule has 2 rings (SSSR count). The molecule has 1 fully saturated rings. The number of piperidine rings is 1. The van der Waals surface area contributed by atoms with Gasteiger partial charge in [0.15, 0.2) is 0 Å². The maximum Gasteiger partial charge on any atom is 0.263 e. The van der Waals surface area contributed by atoms with Crippen molar-refractivity contribution in [3.63, 3.8) is 0 Å². The van der Waals surface area contributed by atoms with E-state index in [4.69, 9.17) is 5.26 Å². The molecule has 1 heterocycles. The molecule has 1 atom stereocenters. The van der Waals surface area contributed by atoms with Crippen molar-refractivity contribution >= 4 is 5.91 Å². The first-order valence-electron chi connectivity index (χ1n) is 5.93. The van der Waals surface area contributed by atoms with Gasteiger partial charge in [-0.25, -0.2) is 5.06 Å². The van der Waals surface area contributed by atoms with E-state index in [1.807, 2.05) is 12.1 Å². The predicted octanol–water partition coefficient (Wildman–Crippen LogP) is 1.03. The number of hydrogen-bond acceptors (Lipinski definition) is 4. The molecule has 0 radical (unpaired) electrons. The number of rotatable bonds is 3. The molecule has 0 aliphatic carbocycles. The average Bonchev–Trinajstić information content (AvgIpc) is 2.41. The predicted molar refractivity (Wildman–Crippen MR) is 64.5 cm³/mol. The van der Waals surface area contributed by atoms with Crippen molar-refractivity contribution in [2.24, 2.45) is 0 Å². The molecule has 0 spiro atoms. The monoisotopic (exact) mass is 245 g/mol. The second kappa shape index (κ2) is 5.63. The lowest BCUT2D eigenvalue weighted by molar-refractivity contribution is -0.172. The van der Waals surface area contributed by atoms with E-state index in [1.54, 1.807) is 12.1 Å². The summed E-state index contributed by atoms with van der Waals surface area (Å²) in [5.74, 6) is -0.280. The molecule has 5 nitrogen and oxygen atoms in total. The summed E-state index contributed by atoms with van der Waals surface area (Å²) in [6, 6.07) is 8.99. The summed E-state index contributed by atoms with van der Waals surface area (Å²) >= 11 is 0. The number of nitriles is 1. The van der Waals surface area contributed by atoms with Crippen LogP contribution in [0, 0.1) is 11.3 Å². The van der Waals surface area contributed by atoms with E-state index in [0.29, 0.717) is 18.7 Å². The minimum atomic E-state index is -0.338. The summed E-state index contributed by atoms with van der Waals surface area (Å²) in [5.41, 5.74) is 1.56. The van der Waals surface area contributed by atoms with Crippen LogP contribution < -0.4 is 5.32 Å². The standard InChI is InChI=1S/C13H15N3O2/c14-8-10-3-1-4-11(7-10)9-15-12-5-2-6-16(18)13(12)17/h1,3-4,7,12,15,18H,2,5-6,9H2. The van der Waals surface area contributed by atoms with Crippen LogP contribution in [0.15, 0.2) is 24.3 Å². The van der Waals surface area contributed by atoms with E-state index in [1.165, 1.54) is 0 Å². The molecule has 0 aromatic heterocycles. The summed E-state index contributed by atoms with van der Waals surface area (Å²) in [6.45, 7) is 0.917. The Labute approximate surface area is 106 Å². The quantitative estimate of drug-likeness (QED) is 0.780. The largest absolute Gasteiger partial charge is 0.302 e. The molecule has 1 unspecified atom stereocenters. The van der Waals surface area contributed by atoms with Gasteiger partial charge in [0.05, 0.1) is 17.7 Å². The molecule has 2 N–H and O–H groups in total. The highest BCUT2D eigenvalue weighted by Gasteiger charge is 2.27. The zero-order valence-electron chi connectivity index (χ0n) is 9.97. The van der Waals surface area contributed by atoms with Gasteiger partial charge in [0.25, 0.3) is 5.91 Å². The van der Waals surface area contributed by atoms with Gasteiger partial charge >= 0.3 is 0 Å². The molecule has 1 aliphatic heterocycles. The Morgan fingerprint density at radius 2 is 2.39 bits per heavy atom. The fourth-order valence-electron chi connectivity index (χ4n) is 2.04. The molecule has 1 amide bonds. The second-order valence-electron chi connectivity index (χ2n) is 4.35. The number of hydroxylamine groups is 2. The van der Waals surface area contributed by atoms with Crippen molar-refractivity contribution in [1.82, 2.24) is 10.4 Å². The highest BCUT2D eigenvalue weighted by atomic mass is 16.5. The van der Waals surface area contributed by atoms with E-state index < -0.39 is 0 Å². The topological polar surface area (TPSA) is 76.4 Å². The number of benzene rings is 1. The molecule has 1 aliphatic rings. The zero-order valence-corrected chi connectivity index (χ0v) is 9.97. The average molecular weight is 245 g/mol. The first-order valence-corrected chi connectivity index (χ1v) is 5.93. The SMILES string of the molecule is N#Cc1cccc(CNC2CCCN(O)C2=O)c1. The molecule has 94 valence electrons. The lowest BCUT2D eigenvalue weighted by Crippen LogP contribution is -2.49. The number of carbonyl (C=O) groups excluding carboxylic acids is 1. The normalized spacial score (nSPS) is 19.7. The van der Waals surface area contributed by atoms with Crippen molar-refractivity contribution in [2.75, 3.05) is 6.54 Å². The third-order valence-corrected chi connectivity index (χ3v) is 3.02. The fourth-order valence-corrected chi connectivity index (χ4v) is 2.04. The van der Waals surface area contributed by atoms with E-state index in [9.17, 15) is 10.0 Å². The molecule has 0 saturated carbocycles. The number of amides is 1. The first kappa shape index (κ1) is 12.6. The van der Waals surface area contributed by atoms with Crippen molar-refractivity contribution < 1.29 is 10.0 Å². The molecule has 1 aromatic carbocycles. The number of carbonyl (C=O) groups is 1. The van der Waals surface area contributed by atoms with Crippen LogP contribution in [0.2, 0.25) is 0 Å². The van der Waals surface area contributed by atoms with Crippen LogP contribution >= 0.6 is 0 Å². The molecule has 0 bridgehead atoms. The third-order valence-electron chi connectivity index (χ3n) is 3.02. The van der Waals surface area contributed by atoms with Gasteiger partial charge in [0, 0.05) is 13.1 Å². The van der Waals surface area contributed by atoms with Gasteiger partial charge in [0.2, 0.25) is 0 Å². The lowest BCUT2D eigenvalue weighted by Gasteiger charge is -2.28. The van der Waals surface area contributed by atoms with Crippen LogP contribution in [0.3, 0.4) is 0 Å². The molecular weight excluding hydrogens is 230 g/mol. The zero-order chi connectivity index (χ0) is 13.0. The van der Waals surface area contributed by atoms with Gasteiger partial charge in [-0.1, -0.05) is 12.1 Å². The Morgan fingerprint density at radius 3 is 3.17 bits per heavy atom. The maximum atomic E-state index is 11.6. The third kappa shape index (κ3) is 2.86. The lowest BCUT2D eigenvalue weighted by atomic mass is 10.1. The first-order chi connectivity index (χ1) is 8.70. The van der Waals surface area contributed by atoms with E-state index in [2.05, 4.69) is 11.4 Å². The van der Waals surface area contributed by atoms with Crippen molar-refractivity contribution in [3.05, 3.63) is 35.4 Å². The summed E-state index contributed by atoms with van der Waals surface area (Å²) in [6.07, 6.45) is 1.52. The van der Waals surface area contributed by atoms with Crippen LogP contribution in [0.25, 0.3) is 0 Å². The molecule has 1 aromatic rings. The van der Waals surface area contributed by atoms with Crippen molar-refractivity contribution in [2.45, 2.75) is 25.4 Å². The summed E-state index contributed by atoms with van der Waals surface area (Å²) < 4.78 is 0. The van der Waals surface area contributed by atoms with E-state index in [-0.39, 0.29) is 11.9 Å². The molecule has 18 heavy (non-hydrogen) atoms. The van der Waals surface area contributed by atoms with Crippen LogP contribution in [-0.2, 0) is 11.3 Å². The minimum Gasteiger partial charge on any atom is -0.302 e. The fraction of sp³-hybridized carbons (Fsp3) is 0.385. The van der Waals surface area contributed by atoms with Crippen LogP contribution in [-0.4, -0.2) is 28.8 Å². The van der Waals surface area contributed by atoms with Gasteiger partial charge < -0.3 is 5.32 Å². The summed E-state index contributed by atoms with van der Waals surface area (Å²) in [4.78, 5) is 11.6. The van der Waals surface area contributed by atoms with Gasteiger partial charge in [-0.15, -0.1) is 0 Å². The number of hydrogen-bond donors (Lipinski definition) is 2. The Kier molecular flexibility index (Phi) is 3.92. The van der Waals surface area contributed by atoms with Gasteiger partial charge in [-0.2, -0.15) is 5.26 Å². The Bertz CT molecular complexity index is 481. The van der Waals surface area contributed by atoms with Crippen molar-refractivity contribution in [3.8, 4) is 6.07 Å². The minimum absolute atomic E-state index is 0.280. The number of nitrogens with one attached hydrogen (secondary N) is 1. The highest BCUT2D eigenvalue weighted by molar-refractivity contribution is 5.81.